The Bertz CT molecular complexity index is 767. The lowest BCUT2D eigenvalue weighted by molar-refractivity contribution is -0.123. The number of hydrogen-bond acceptors (Lipinski definition) is 3. The number of hydrogen-bond donors (Lipinski definition) is 3. The van der Waals surface area contributed by atoms with E-state index in [9.17, 15) is 15.0 Å². The standard InChI is InChI=1S/C41H73NO3/c1-3-5-7-9-11-13-15-17-19-20-21-22-23-24-26-28-30-32-34-36-40(44)39(38-43)42-41(45)37-35-33-31-29-27-25-18-16-14-12-10-8-6-4-2/h10,12,16,18,21-22,26,28,34,36,39-40,43-44H,3-9,11,13-15,17,19-20,23-25,27,29-33,35,37-38H2,1-2H3,(H,42,45)/b12-10-,18-16-,22-21+,28-26+,36-34+. The fourth-order valence-corrected chi connectivity index (χ4v) is 5.22. The first-order chi connectivity index (χ1) is 22.2. The van der Waals surface area contributed by atoms with Gasteiger partial charge >= 0.3 is 0 Å². The summed E-state index contributed by atoms with van der Waals surface area (Å²) >= 11 is 0. The van der Waals surface area contributed by atoms with E-state index in [1.165, 1.54) is 96.3 Å². The van der Waals surface area contributed by atoms with Crippen molar-refractivity contribution in [3.05, 3.63) is 60.8 Å². The van der Waals surface area contributed by atoms with E-state index in [2.05, 4.69) is 67.8 Å². The van der Waals surface area contributed by atoms with E-state index in [-0.39, 0.29) is 12.5 Å². The van der Waals surface area contributed by atoms with E-state index >= 15 is 0 Å². The number of nitrogens with one attached hydrogen (secondary N) is 1. The van der Waals surface area contributed by atoms with Crippen molar-refractivity contribution in [2.24, 2.45) is 0 Å². The minimum Gasteiger partial charge on any atom is -0.394 e. The molecule has 0 radical (unpaired) electrons. The molecule has 4 heteroatoms. The van der Waals surface area contributed by atoms with Gasteiger partial charge in [-0.15, -0.1) is 0 Å². The van der Waals surface area contributed by atoms with Crippen molar-refractivity contribution in [1.29, 1.82) is 0 Å². The average molecular weight is 628 g/mol. The van der Waals surface area contributed by atoms with E-state index in [0.717, 1.165) is 57.8 Å². The van der Waals surface area contributed by atoms with E-state index in [1.807, 2.05) is 6.08 Å². The Morgan fingerprint density at radius 2 is 0.956 bits per heavy atom. The predicted molar refractivity (Wildman–Crippen MR) is 197 cm³/mol. The third-order valence-electron chi connectivity index (χ3n) is 8.20. The van der Waals surface area contributed by atoms with Crippen LogP contribution < -0.4 is 5.32 Å². The van der Waals surface area contributed by atoms with Crippen molar-refractivity contribution in [3.63, 3.8) is 0 Å². The first-order valence-corrected chi connectivity index (χ1v) is 19.0. The van der Waals surface area contributed by atoms with Crippen LogP contribution in [0.5, 0.6) is 0 Å². The highest BCUT2D eigenvalue weighted by molar-refractivity contribution is 5.76. The lowest BCUT2D eigenvalue weighted by atomic mass is 10.1. The van der Waals surface area contributed by atoms with Crippen LogP contribution in [-0.2, 0) is 4.79 Å². The zero-order chi connectivity index (χ0) is 32.9. The Labute approximate surface area is 279 Å². The van der Waals surface area contributed by atoms with Crippen molar-refractivity contribution in [3.8, 4) is 0 Å². The van der Waals surface area contributed by atoms with Gasteiger partial charge in [0, 0.05) is 6.42 Å². The van der Waals surface area contributed by atoms with Gasteiger partial charge < -0.3 is 15.5 Å². The molecule has 260 valence electrons. The van der Waals surface area contributed by atoms with E-state index in [1.54, 1.807) is 6.08 Å². The molecule has 2 unspecified atom stereocenters. The van der Waals surface area contributed by atoms with Gasteiger partial charge in [-0.25, -0.2) is 0 Å². The predicted octanol–water partition coefficient (Wildman–Crippen LogP) is 11.4. The molecule has 0 bridgehead atoms. The largest absolute Gasteiger partial charge is 0.394 e. The molecule has 3 N–H and O–H groups in total. The topological polar surface area (TPSA) is 69.6 Å². The molecule has 0 aromatic carbocycles. The molecular weight excluding hydrogens is 554 g/mol. The molecule has 4 nitrogen and oxygen atoms in total. The Kier molecular flexibility index (Phi) is 35.0. The molecule has 45 heavy (non-hydrogen) atoms. The SMILES string of the molecule is CCCC/C=C\C/C=C\CCCCCCCC(=O)NC(CO)C(O)/C=C/CC/C=C/CC/C=C/CCCCCCCCCCC. The lowest BCUT2D eigenvalue weighted by Crippen LogP contribution is -2.45. The third kappa shape index (κ3) is 33.3. The van der Waals surface area contributed by atoms with Gasteiger partial charge in [-0.3, -0.25) is 4.79 Å². The number of amides is 1. The molecule has 0 spiro atoms. The van der Waals surface area contributed by atoms with Gasteiger partial charge in [0.25, 0.3) is 0 Å². The van der Waals surface area contributed by atoms with Crippen molar-refractivity contribution in [1.82, 2.24) is 5.32 Å². The van der Waals surface area contributed by atoms with E-state index < -0.39 is 12.1 Å². The molecule has 2 atom stereocenters. The van der Waals surface area contributed by atoms with Crippen LogP contribution in [0, 0.1) is 0 Å². The van der Waals surface area contributed by atoms with Crippen LogP contribution >= 0.6 is 0 Å². The quantitative estimate of drug-likeness (QED) is 0.0501. The van der Waals surface area contributed by atoms with Gasteiger partial charge in [-0.1, -0.05) is 158 Å². The maximum atomic E-state index is 12.3. The third-order valence-corrected chi connectivity index (χ3v) is 8.20. The van der Waals surface area contributed by atoms with Gasteiger partial charge in [0.15, 0.2) is 0 Å². The van der Waals surface area contributed by atoms with E-state index in [0.29, 0.717) is 6.42 Å². The smallest absolute Gasteiger partial charge is 0.220 e. The summed E-state index contributed by atoms with van der Waals surface area (Å²) < 4.78 is 0. The van der Waals surface area contributed by atoms with Crippen LogP contribution in [0.4, 0.5) is 0 Å². The van der Waals surface area contributed by atoms with Crippen molar-refractivity contribution < 1.29 is 15.0 Å². The number of carbonyl (C=O) groups excluding carboxylic acids is 1. The van der Waals surface area contributed by atoms with Gasteiger partial charge in [0.2, 0.25) is 5.91 Å². The van der Waals surface area contributed by atoms with Crippen LogP contribution in [0.25, 0.3) is 0 Å². The number of aliphatic hydroxyl groups is 2. The zero-order valence-electron chi connectivity index (χ0n) is 29.6. The number of rotatable bonds is 33. The average Bonchev–Trinajstić information content (AvgIpc) is 3.04. The molecule has 0 heterocycles. The number of aliphatic hydroxyl groups excluding tert-OH is 2. The summed E-state index contributed by atoms with van der Waals surface area (Å²) in [5, 5.41) is 22.9. The summed E-state index contributed by atoms with van der Waals surface area (Å²) in [5.74, 6) is -0.0958. The number of carbonyl (C=O) groups is 1. The number of allylic oxidation sites excluding steroid dienone is 9. The molecular formula is C41H73NO3. The van der Waals surface area contributed by atoms with Crippen molar-refractivity contribution in [2.45, 2.75) is 187 Å². The van der Waals surface area contributed by atoms with Crippen LogP contribution in [0.15, 0.2) is 60.8 Å². The molecule has 1 amide bonds. The molecule has 0 aliphatic rings. The second-order valence-corrected chi connectivity index (χ2v) is 12.6. The highest BCUT2D eigenvalue weighted by Gasteiger charge is 2.17. The molecule has 0 fully saturated rings. The summed E-state index contributed by atoms with van der Waals surface area (Å²) in [6.07, 6.45) is 50.2. The van der Waals surface area contributed by atoms with Crippen molar-refractivity contribution in [2.75, 3.05) is 6.61 Å². The fourth-order valence-electron chi connectivity index (χ4n) is 5.22. The molecule has 0 aliphatic carbocycles. The summed E-state index contributed by atoms with van der Waals surface area (Å²) in [7, 11) is 0. The molecule has 0 aliphatic heterocycles. The molecule has 0 saturated carbocycles. The Morgan fingerprint density at radius 1 is 0.533 bits per heavy atom. The minimum absolute atomic E-state index is 0.0958. The van der Waals surface area contributed by atoms with Gasteiger partial charge in [0.1, 0.15) is 0 Å². The summed E-state index contributed by atoms with van der Waals surface area (Å²) in [5.41, 5.74) is 0. The van der Waals surface area contributed by atoms with Crippen LogP contribution in [0.3, 0.4) is 0 Å². The zero-order valence-corrected chi connectivity index (χ0v) is 29.6. The van der Waals surface area contributed by atoms with Gasteiger partial charge in [-0.05, 0) is 70.6 Å². The number of unbranched alkanes of at least 4 members (excludes halogenated alkanes) is 18. The minimum atomic E-state index is -0.876. The summed E-state index contributed by atoms with van der Waals surface area (Å²) in [4.78, 5) is 12.3. The molecule has 0 rings (SSSR count). The normalized spacial score (nSPS) is 13.8. The Hall–Kier alpha value is -1.91. The first-order valence-electron chi connectivity index (χ1n) is 19.0. The molecule has 0 aromatic heterocycles. The first kappa shape index (κ1) is 43.1. The highest BCUT2D eigenvalue weighted by Crippen LogP contribution is 2.11. The molecule has 0 aromatic rings. The van der Waals surface area contributed by atoms with Crippen molar-refractivity contribution >= 4 is 5.91 Å². The van der Waals surface area contributed by atoms with Crippen LogP contribution in [-0.4, -0.2) is 34.9 Å². The Morgan fingerprint density at radius 3 is 1.49 bits per heavy atom. The fraction of sp³-hybridized carbons (Fsp3) is 0.732. The highest BCUT2D eigenvalue weighted by atomic mass is 16.3. The second-order valence-electron chi connectivity index (χ2n) is 12.6. The van der Waals surface area contributed by atoms with Crippen LogP contribution in [0.2, 0.25) is 0 Å². The second kappa shape index (κ2) is 36.6. The van der Waals surface area contributed by atoms with Gasteiger partial charge in [-0.2, -0.15) is 0 Å². The monoisotopic (exact) mass is 628 g/mol. The summed E-state index contributed by atoms with van der Waals surface area (Å²) in [6, 6.07) is -0.653. The maximum absolute atomic E-state index is 12.3. The lowest BCUT2D eigenvalue weighted by Gasteiger charge is -2.19. The van der Waals surface area contributed by atoms with Crippen LogP contribution in [0.1, 0.15) is 174 Å². The maximum Gasteiger partial charge on any atom is 0.220 e. The summed E-state index contributed by atoms with van der Waals surface area (Å²) in [6.45, 7) is 4.22. The van der Waals surface area contributed by atoms with Gasteiger partial charge in [0.05, 0.1) is 18.8 Å². The Balaban J connectivity index is 3.74. The molecule has 0 saturated heterocycles. The van der Waals surface area contributed by atoms with E-state index in [4.69, 9.17) is 0 Å².